The molecule has 298 valence electrons. The zero-order valence-corrected chi connectivity index (χ0v) is 33.9. The quantitative estimate of drug-likeness (QED) is 0.162. The molecule has 6 rings (SSSR count). The summed E-state index contributed by atoms with van der Waals surface area (Å²) < 4.78 is 9.48. The zero-order chi connectivity index (χ0) is 38.5. The highest BCUT2D eigenvalue weighted by Crippen LogP contribution is 2.34. The van der Waals surface area contributed by atoms with Crippen LogP contribution in [0.4, 0.5) is 9.59 Å². The van der Waals surface area contributed by atoms with Crippen LogP contribution in [0.25, 0.3) is 22.1 Å². The number of amides is 4. The number of aromatic nitrogens is 4. The number of nitrogens with zero attached hydrogens (tertiary/aromatic N) is 4. The van der Waals surface area contributed by atoms with E-state index in [1.54, 1.807) is 9.80 Å². The van der Waals surface area contributed by atoms with Gasteiger partial charge in [0.25, 0.3) is 0 Å². The van der Waals surface area contributed by atoms with Crippen LogP contribution >= 0.6 is 24.8 Å². The van der Waals surface area contributed by atoms with Crippen LogP contribution in [0.15, 0.2) is 36.4 Å². The Morgan fingerprint density at radius 2 is 1.09 bits per heavy atom. The summed E-state index contributed by atoms with van der Waals surface area (Å²) in [4.78, 5) is 70.8. The number of alkyl carbamates (subject to hydrolysis) is 2. The molecule has 2 aliphatic rings. The van der Waals surface area contributed by atoms with Crippen molar-refractivity contribution in [3.63, 3.8) is 0 Å². The van der Waals surface area contributed by atoms with E-state index in [1.807, 2.05) is 64.1 Å². The maximum absolute atomic E-state index is 13.5. The lowest BCUT2D eigenvalue weighted by Gasteiger charge is -2.29. The Kier molecular flexibility index (Phi) is 14.6. The highest BCUT2D eigenvalue weighted by atomic mass is 35.5. The van der Waals surface area contributed by atoms with Gasteiger partial charge in [-0.05, 0) is 85.8 Å². The molecule has 0 spiro atoms. The molecular formula is C40H48Cl2N8O6. The SMILES string of the molecule is COC(=O)N[C@H](C(=O)N1CCC[C@H]1c1nc2ccc(C#CC#Cc3ccc4nc([C@@H]5CCCN5C(=O)[C@@H](NC(=O)OC)C(C)C)[nH]c4c3)cc2[nH]1)C(C)C.Cl.Cl. The molecule has 56 heavy (non-hydrogen) atoms. The zero-order valence-electron chi connectivity index (χ0n) is 32.2. The molecule has 0 bridgehead atoms. The van der Waals surface area contributed by atoms with Crippen molar-refractivity contribution in [3.8, 4) is 23.7 Å². The van der Waals surface area contributed by atoms with Gasteiger partial charge < -0.3 is 39.9 Å². The number of imidazole rings is 2. The van der Waals surface area contributed by atoms with E-state index in [-0.39, 0.29) is 60.5 Å². The van der Waals surface area contributed by atoms with E-state index < -0.39 is 24.3 Å². The highest BCUT2D eigenvalue weighted by Gasteiger charge is 2.39. The van der Waals surface area contributed by atoms with Gasteiger partial charge in [-0.3, -0.25) is 9.59 Å². The lowest BCUT2D eigenvalue weighted by Crippen LogP contribution is -2.51. The fourth-order valence-corrected chi connectivity index (χ4v) is 7.12. The average Bonchev–Trinajstić information content (AvgIpc) is 3.98. The molecule has 0 saturated carbocycles. The van der Waals surface area contributed by atoms with Gasteiger partial charge in [-0.2, -0.15) is 0 Å². The second-order valence-corrected chi connectivity index (χ2v) is 14.3. The number of ether oxygens (including phenoxy) is 2. The van der Waals surface area contributed by atoms with Crippen molar-refractivity contribution in [2.75, 3.05) is 27.3 Å². The monoisotopic (exact) mass is 806 g/mol. The molecule has 2 saturated heterocycles. The van der Waals surface area contributed by atoms with E-state index in [9.17, 15) is 19.2 Å². The molecule has 2 aromatic carbocycles. The van der Waals surface area contributed by atoms with E-state index in [0.717, 1.165) is 58.9 Å². The number of methoxy groups -OCH3 is 2. The molecule has 14 nitrogen and oxygen atoms in total. The van der Waals surface area contributed by atoms with Gasteiger partial charge in [0.2, 0.25) is 11.8 Å². The summed E-state index contributed by atoms with van der Waals surface area (Å²) in [6.45, 7) is 8.71. The molecule has 0 unspecified atom stereocenters. The molecule has 4 amide bonds. The molecule has 0 radical (unpaired) electrons. The summed E-state index contributed by atoms with van der Waals surface area (Å²) in [6, 6.07) is 9.52. The first kappa shape index (κ1) is 43.3. The predicted octanol–water partition coefficient (Wildman–Crippen LogP) is 5.77. The maximum Gasteiger partial charge on any atom is 0.407 e. The van der Waals surface area contributed by atoms with Crippen molar-refractivity contribution in [2.24, 2.45) is 11.8 Å². The Morgan fingerprint density at radius 3 is 1.45 bits per heavy atom. The summed E-state index contributed by atoms with van der Waals surface area (Å²) in [7, 11) is 2.56. The summed E-state index contributed by atoms with van der Waals surface area (Å²) in [5.74, 6) is 12.9. The van der Waals surface area contributed by atoms with E-state index >= 15 is 0 Å². The molecule has 2 aliphatic heterocycles. The standard InChI is InChI=1S/C40H46N8O6.2ClH/c1-23(2)33(45-39(51)53-5)37(49)47-19-9-13-31(47)35-41-27-17-15-25(21-29(27)43-35)11-7-8-12-26-16-18-28-30(22-26)44-36(42-28)32-14-10-20-48(32)38(50)34(24(3)4)46-40(52)54-6;;/h15-18,21-24,31-34H,9-10,13-14,19-20H2,1-6H3,(H,41,43)(H,42,44)(H,45,51)(H,46,52);2*1H/t31-,32-,33-,34-;;/m0../s1. The third-order valence-electron chi connectivity index (χ3n) is 9.96. The fourth-order valence-electron chi connectivity index (χ4n) is 7.12. The van der Waals surface area contributed by atoms with Gasteiger partial charge in [-0.1, -0.05) is 39.5 Å². The van der Waals surface area contributed by atoms with Crippen LogP contribution in [0, 0.1) is 35.5 Å². The van der Waals surface area contributed by atoms with Crippen molar-refractivity contribution in [2.45, 2.75) is 77.5 Å². The smallest absolute Gasteiger partial charge is 0.407 e. The molecule has 4 N–H and O–H groups in total. The van der Waals surface area contributed by atoms with Crippen molar-refractivity contribution >= 4 is 70.9 Å². The van der Waals surface area contributed by atoms with Crippen molar-refractivity contribution in [3.05, 3.63) is 59.2 Å². The number of carbonyl (C=O) groups is 4. The van der Waals surface area contributed by atoms with Gasteiger partial charge in [0.05, 0.1) is 48.4 Å². The highest BCUT2D eigenvalue weighted by molar-refractivity contribution is 5.88. The lowest BCUT2D eigenvalue weighted by molar-refractivity contribution is -0.136. The van der Waals surface area contributed by atoms with Gasteiger partial charge in [-0.15, -0.1) is 24.8 Å². The molecule has 2 fully saturated rings. The van der Waals surface area contributed by atoms with E-state index in [0.29, 0.717) is 24.7 Å². The lowest BCUT2D eigenvalue weighted by atomic mass is 10.0. The van der Waals surface area contributed by atoms with Crippen LogP contribution in [0.1, 0.15) is 88.2 Å². The van der Waals surface area contributed by atoms with E-state index in [4.69, 9.17) is 19.4 Å². The average molecular weight is 808 g/mol. The summed E-state index contributed by atoms with van der Waals surface area (Å²) in [5, 5.41) is 5.36. The minimum atomic E-state index is -0.703. The van der Waals surface area contributed by atoms with Crippen LogP contribution in [0.3, 0.4) is 0 Å². The minimum absolute atomic E-state index is 0. The first-order valence-corrected chi connectivity index (χ1v) is 18.3. The molecule has 0 aliphatic carbocycles. The van der Waals surface area contributed by atoms with Gasteiger partial charge in [0, 0.05) is 24.2 Å². The number of carbonyl (C=O) groups excluding carboxylic acids is 4. The Labute approximate surface area is 338 Å². The number of halogens is 2. The number of aromatic amines is 2. The van der Waals surface area contributed by atoms with E-state index in [1.165, 1.54) is 14.2 Å². The number of nitrogens with one attached hydrogen (secondary N) is 4. The first-order chi connectivity index (χ1) is 26.0. The second kappa shape index (κ2) is 18.9. The summed E-state index contributed by atoms with van der Waals surface area (Å²) in [6.07, 6.45) is 1.91. The molecule has 16 heteroatoms. The van der Waals surface area contributed by atoms with Crippen molar-refractivity contribution in [1.82, 2.24) is 40.4 Å². The van der Waals surface area contributed by atoms with Gasteiger partial charge >= 0.3 is 12.2 Å². The second-order valence-electron chi connectivity index (χ2n) is 14.3. The van der Waals surface area contributed by atoms with Crippen LogP contribution < -0.4 is 10.6 Å². The van der Waals surface area contributed by atoms with Crippen LogP contribution in [0.2, 0.25) is 0 Å². The Morgan fingerprint density at radius 1 is 0.696 bits per heavy atom. The van der Waals surface area contributed by atoms with Crippen molar-refractivity contribution in [1.29, 1.82) is 0 Å². The van der Waals surface area contributed by atoms with Crippen LogP contribution in [0.5, 0.6) is 0 Å². The largest absolute Gasteiger partial charge is 0.453 e. The Balaban J connectivity index is 0.00000348. The fraction of sp³-hybridized carbons (Fsp3) is 0.450. The third kappa shape index (κ3) is 9.49. The molecule has 4 atom stereocenters. The Bertz CT molecular complexity index is 2040. The first-order valence-electron chi connectivity index (χ1n) is 18.3. The number of hydrogen-bond acceptors (Lipinski definition) is 8. The van der Waals surface area contributed by atoms with E-state index in [2.05, 4.69) is 44.3 Å². The predicted molar refractivity (Wildman–Crippen MR) is 216 cm³/mol. The topological polar surface area (TPSA) is 175 Å². The number of likely N-dealkylation sites (tertiary alicyclic amines) is 2. The third-order valence-corrected chi connectivity index (χ3v) is 9.96. The molecular weight excluding hydrogens is 759 g/mol. The molecule has 4 aromatic rings. The molecule has 4 heterocycles. The van der Waals surface area contributed by atoms with Crippen LogP contribution in [-0.4, -0.2) is 93.1 Å². The number of benzene rings is 2. The molecule has 2 aromatic heterocycles. The summed E-state index contributed by atoms with van der Waals surface area (Å²) in [5.41, 5.74) is 4.67. The van der Waals surface area contributed by atoms with Gasteiger partial charge in [0.15, 0.2) is 0 Å². The van der Waals surface area contributed by atoms with Crippen molar-refractivity contribution < 1.29 is 28.7 Å². The maximum atomic E-state index is 13.5. The number of rotatable bonds is 8. The minimum Gasteiger partial charge on any atom is -0.453 e. The number of fused-ring (bicyclic) bond motifs is 2. The number of H-pyrrole nitrogens is 2. The Hall–Kier alpha value is -5.44. The van der Waals surface area contributed by atoms with Gasteiger partial charge in [-0.25, -0.2) is 19.6 Å². The summed E-state index contributed by atoms with van der Waals surface area (Å²) >= 11 is 0. The normalized spacial score (nSPS) is 17.2. The number of hydrogen-bond donors (Lipinski definition) is 4. The van der Waals surface area contributed by atoms with Gasteiger partial charge in [0.1, 0.15) is 23.7 Å². The van der Waals surface area contributed by atoms with Crippen LogP contribution in [-0.2, 0) is 19.1 Å².